The van der Waals surface area contributed by atoms with Crippen LogP contribution < -0.4 is 5.01 Å². The van der Waals surface area contributed by atoms with Crippen molar-refractivity contribution >= 4 is 17.3 Å². The van der Waals surface area contributed by atoms with E-state index in [2.05, 4.69) is 5.10 Å². The summed E-state index contributed by atoms with van der Waals surface area (Å²) in [5, 5.41) is 5.27. The summed E-state index contributed by atoms with van der Waals surface area (Å²) in [6.07, 6.45) is -4.32. The van der Waals surface area contributed by atoms with Crippen LogP contribution in [0.4, 0.5) is 18.9 Å². The number of amides is 1. The number of alkyl halides is 3. The van der Waals surface area contributed by atoms with Crippen molar-refractivity contribution in [2.75, 3.05) is 11.6 Å². The van der Waals surface area contributed by atoms with E-state index in [9.17, 15) is 18.0 Å². The fourth-order valence-electron chi connectivity index (χ4n) is 2.42. The first kappa shape index (κ1) is 17.2. The highest BCUT2D eigenvalue weighted by atomic mass is 19.4. The third-order valence-corrected chi connectivity index (χ3v) is 3.65. The summed E-state index contributed by atoms with van der Waals surface area (Å²) in [6.45, 7) is 0.589. The Kier molecular flexibility index (Phi) is 4.85. The molecule has 0 unspecified atom stereocenters. The highest BCUT2D eigenvalue weighted by Gasteiger charge is 2.31. The van der Waals surface area contributed by atoms with Gasteiger partial charge >= 0.3 is 6.18 Å². The second kappa shape index (κ2) is 7.06. The maximum Gasteiger partial charge on any atom is 0.416 e. The molecule has 0 bridgehead atoms. The van der Waals surface area contributed by atoms with Gasteiger partial charge in [-0.1, -0.05) is 30.3 Å². The van der Waals surface area contributed by atoms with Crippen molar-refractivity contribution in [2.45, 2.75) is 19.2 Å². The average Bonchev–Trinajstić information content (AvgIpc) is 2.96. The number of rotatable bonds is 5. The molecule has 1 heterocycles. The number of hydrazone groups is 1. The summed E-state index contributed by atoms with van der Waals surface area (Å²) in [4.78, 5) is 12.0. The Morgan fingerprint density at radius 3 is 2.32 bits per heavy atom. The molecule has 1 aliphatic heterocycles. The maximum atomic E-state index is 12.6. The number of halogens is 3. The van der Waals surface area contributed by atoms with Gasteiger partial charge in [0.15, 0.2) is 0 Å². The van der Waals surface area contributed by atoms with Gasteiger partial charge in [0.25, 0.3) is 5.91 Å². The number of benzene rings is 2. The number of hydrogen-bond acceptors (Lipinski definition) is 3. The van der Waals surface area contributed by atoms with Crippen LogP contribution in [0.5, 0.6) is 0 Å². The number of carbonyl (C=O) groups is 1. The van der Waals surface area contributed by atoms with E-state index in [1.54, 1.807) is 0 Å². The number of carbonyl (C=O) groups excluding carboxylic acids is 1. The van der Waals surface area contributed by atoms with Crippen molar-refractivity contribution in [2.24, 2.45) is 5.10 Å². The second-order valence-electron chi connectivity index (χ2n) is 5.57. The van der Waals surface area contributed by atoms with Gasteiger partial charge in [0, 0.05) is 0 Å². The minimum atomic E-state index is -4.41. The van der Waals surface area contributed by atoms with Gasteiger partial charge < -0.3 is 4.74 Å². The molecule has 0 saturated heterocycles. The fraction of sp³-hybridized carbons (Fsp3) is 0.222. The standard InChI is InChI=1S/C18H15F3N2O2/c19-18(20,21)14-6-8-16(9-7-14)23-17(24)10-15(22-23)12-25-11-13-4-2-1-3-5-13/h1-9H,10-12H2. The van der Waals surface area contributed by atoms with E-state index in [1.807, 2.05) is 30.3 Å². The van der Waals surface area contributed by atoms with Crippen LogP contribution in [0.15, 0.2) is 59.7 Å². The van der Waals surface area contributed by atoms with Crippen molar-refractivity contribution < 1.29 is 22.7 Å². The molecule has 0 atom stereocenters. The van der Waals surface area contributed by atoms with E-state index >= 15 is 0 Å². The van der Waals surface area contributed by atoms with Crippen LogP contribution in [0.1, 0.15) is 17.5 Å². The Morgan fingerprint density at radius 2 is 1.68 bits per heavy atom. The highest BCUT2D eigenvalue weighted by molar-refractivity contribution is 6.13. The number of nitrogens with zero attached hydrogens (tertiary/aromatic N) is 2. The van der Waals surface area contributed by atoms with E-state index < -0.39 is 11.7 Å². The minimum absolute atomic E-state index is 0.0931. The van der Waals surface area contributed by atoms with Gasteiger partial charge in [0.05, 0.1) is 36.6 Å². The molecular formula is C18H15F3N2O2. The molecule has 1 aliphatic rings. The maximum absolute atomic E-state index is 12.6. The van der Waals surface area contributed by atoms with Gasteiger partial charge in [-0.25, -0.2) is 5.01 Å². The van der Waals surface area contributed by atoms with Gasteiger partial charge in [-0.2, -0.15) is 18.3 Å². The lowest BCUT2D eigenvalue weighted by Gasteiger charge is -2.13. The summed E-state index contributed by atoms with van der Waals surface area (Å²) < 4.78 is 43.3. The van der Waals surface area contributed by atoms with Gasteiger partial charge in [0.2, 0.25) is 0 Å². The molecule has 7 heteroatoms. The SMILES string of the molecule is O=C1CC(COCc2ccccc2)=NN1c1ccc(C(F)(F)F)cc1. The molecule has 130 valence electrons. The average molecular weight is 348 g/mol. The molecule has 25 heavy (non-hydrogen) atoms. The molecule has 1 amide bonds. The number of ether oxygens (including phenoxy) is 1. The van der Waals surface area contributed by atoms with Gasteiger partial charge in [-0.3, -0.25) is 4.79 Å². The number of anilines is 1. The molecule has 3 rings (SSSR count). The molecule has 0 saturated carbocycles. The van der Waals surface area contributed by atoms with Crippen molar-refractivity contribution in [1.82, 2.24) is 0 Å². The molecule has 2 aromatic carbocycles. The Labute approximate surface area is 142 Å². The predicted molar refractivity (Wildman–Crippen MR) is 87.1 cm³/mol. The van der Waals surface area contributed by atoms with Crippen molar-refractivity contribution in [3.05, 3.63) is 65.7 Å². The zero-order chi connectivity index (χ0) is 17.9. The molecule has 4 nitrogen and oxygen atoms in total. The van der Waals surface area contributed by atoms with E-state index in [4.69, 9.17) is 4.74 Å². The molecule has 2 aromatic rings. The van der Waals surface area contributed by atoms with Gasteiger partial charge in [-0.15, -0.1) is 0 Å². The Balaban J connectivity index is 1.62. The third kappa shape index (κ3) is 4.24. The van der Waals surface area contributed by atoms with E-state index in [0.717, 1.165) is 22.7 Å². The van der Waals surface area contributed by atoms with E-state index in [-0.39, 0.29) is 18.9 Å². The third-order valence-electron chi connectivity index (χ3n) is 3.65. The summed E-state index contributed by atoms with van der Waals surface area (Å²) in [6, 6.07) is 13.9. The van der Waals surface area contributed by atoms with Gasteiger partial charge in [0.1, 0.15) is 0 Å². The molecule has 0 N–H and O–H groups in total. The van der Waals surface area contributed by atoms with E-state index in [1.165, 1.54) is 12.1 Å². The molecule has 0 fully saturated rings. The lowest BCUT2D eigenvalue weighted by molar-refractivity contribution is -0.137. The normalized spacial score (nSPS) is 14.8. The van der Waals surface area contributed by atoms with Crippen LogP contribution in [0.3, 0.4) is 0 Å². The molecule has 0 spiro atoms. The Hall–Kier alpha value is -2.67. The smallest absolute Gasteiger partial charge is 0.371 e. The van der Waals surface area contributed by atoms with Crippen LogP contribution in [-0.2, 0) is 22.3 Å². The van der Waals surface area contributed by atoms with Crippen LogP contribution in [0.2, 0.25) is 0 Å². The van der Waals surface area contributed by atoms with Gasteiger partial charge in [-0.05, 0) is 29.8 Å². The van der Waals surface area contributed by atoms with Crippen molar-refractivity contribution in [3.63, 3.8) is 0 Å². The molecule has 0 radical (unpaired) electrons. The minimum Gasteiger partial charge on any atom is -0.371 e. The first-order chi connectivity index (χ1) is 11.9. The summed E-state index contributed by atoms with van der Waals surface area (Å²) in [5.74, 6) is -0.293. The van der Waals surface area contributed by atoms with E-state index in [0.29, 0.717) is 18.0 Å². The molecule has 0 aromatic heterocycles. The zero-order valence-electron chi connectivity index (χ0n) is 13.2. The Morgan fingerprint density at radius 1 is 1.00 bits per heavy atom. The zero-order valence-corrected chi connectivity index (χ0v) is 13.2. The van der Waals surface area contributed by atoms with Crippen LogP contribution >= 0.6 is 0 Å². The molecule has 0 aliphatic carbocycles. The largest absolute Gasteiger partial charge is 0.416 e. The lowest BCUT2D eigenvalue weighted by Crippen LogP contribution is -2.19. The fourth-order valence-corrected chi connectivity index (χ4v) is 2.42. The Bertz CT molecular complexity index is 771. The predicted octanol–water partition coefficient (Wildman–Crippen LogP) is 4.01. The van der Waals surface area contributed by atoms with Crippen molar-refractivity contribution in [1.29, 1.82) is 0 Å². The van der Waals surface area contributed by atoms with Crippen molar-refractivity contribution in [3.8, 4) is 0 Å². The first-order valence-corrected chi connectivity index (χ1v) is 7.62. The summed E-state index contributed by atoms with van der Waals surface area (Å²) in [7, 11) is 0. The lowest BCUT2D eigenvalue weighted by atomic mass is 10.2. The van der Waals surface area contributed by atoms with Crippen LogP contribution in [-0.4, -0.2) is 18.2 Å². The monoisotopic (exact) mass is 348 g/mol. The quantitative estimate of drug-likeness (QED) is 0.819. The highest BCUT2D eigenvalue weighted by Crippen LogP contribution is 2.31. The van der Waals surface area contributed by atoms with Crippen LogP contribution in [0, 0.1) is 0 Å². The molecular weight excluding hydrogens is 333 g/mol. The summed E-state index contributed by atoms with van der Waals surface area (Å²) in [5.41, 5.74) is 1.09. The second-order valence-corrected chi connectivity index (χ2v) is 5.57. The topological polar surface area (TPSA) is 41.9 Å². The first-order valence-electron chi connectivity index (χ1n) is 7.62. The van der Waals surface area contributed by atoms with Crippen LogP contribution in [0.25, 0.3) is 0 Å². The number of hydrogen-bond donors (Lipinski definition) is 0. The summed E-state index contributed by atoms with van der Waals surface area (Å²) >= 11 is 0.